The number of carbonyl (C=O) groups is 1. The van der Waals surface area contributed by atoms with Crippen molar-refractivity contribution in [2.45, 2.75) is 6.54 Å². The van der Waals surface area contributed by atoms with E-state index in [0.29, 0.717) is 17.7 Å². The third-order valence-electron chi connectivity index (χ3n) is 3.54. The maximum Gasteiger partial charge on any atom is 0.252 e. The molecule has 0 aromatic heterocycles. The van der Waals surface area contributed by atoms with Gasteiger partial charge in [-0.2, -0.15) is 5.26 Å². The van der Waals surface area contributed by atoms with E-state index >= 15 is 0 Å². The SMILES string of the molecule is N#Cc1cccc(CNC(=O)c2cccc3ccccc23)c1. The molecule has 0 aliphatic heterocycles. The van der Waals surface area contributed by atoms with Crippen LogP contribution in [0.1, 0.15) is 21.5 Å². The van der Waals surface area contributed by atoms with Crippen molar-refractivity contribution in [2.75, 3.05) is 0 Å². The van der Waals surface area contributed by atoms with Crippen LogP contribution in [-0.2, 0) is 6.54 Å². The van der Waals surface area contributed by atoms with Gasteiger partial charge >= 0.3 is 0 Å². The first kappa shape index (κ1) is 13.8. The second-order valence-electron chi connectivity index (χ2n) is 5.02. The molecule has 0 aliphatic carbocycles. The molecule has 0 unspecified atom stereocenters. The van der Waals surface area contributed by atoms with E-state index < -0.39 is 0 Å². The topological polar surface area (TPSA) is 52.9 Å². The molecule has 3 heteroatoms. The molecule has 0 fully saturated rings. The molecule has 0 saturated heterocycles. The zero-order valence-electron chi connectivity index (χ0n) is 11.9. The number of carbonyl (C=O) groups excluding carboxylic acids is 1. The average Bonchev–Trinajstić information content (AvgIpc) is 2.59. The van der Waals surface area contributed by atoms with E-state index in [1.54, 1.807) is 12.1 Å². The number of nitrogens with zero attached hydrogens (tertiary/aromatic N) is 1. The van der Waals surface area contributed by atoms with E-state index in [0.717, 1.165) is 16.3 Å². The summed E-state index contributed by atoms with van der Waals surface area (Å²) < 4.78 is 0. The van der Waals surface area contributed by atoms with E-state index in [2.05, 4.69) is 11.4 Å². The lowest BCUT2D eigenvalue weighted by atomic mass is 10.0. The van der Waals surface area contributed by atoms with Crippen molar-refractivity contribution < 1.29 is 4.79 Å². The Kier molecular flexibility index (Phi) is 3.84. The van der Waals surface area contributed by atoms with Crippen LogP contribution in [0.3, 0.4) is 0 Å². The molecule has 0 aliphatic rings. The minimum atomic E-state index is -0.112. The molecular weight excluding hydrogens is 272 g/mol. The van der Waals surface area contributed by atoms with Gasteiger partial charge in [0.25, 0.3) is 5.91 Å². The Labute approximate surface area is 128 Å². The second-order valence-corrected chi connectivity index (χ2v) is 5.02. The number of nitrogens with one attached hydrogen (secondary N) is 1. The summed E-state index contributed by atoms with van der Waals surface area (Å²) in [4.78, 5) is 12.4. The van der Waals surface area contributed by atoms with Gasteiger partial charge in [-0.25, -0.2) is 0 Å². The first-order valence-electron chi connectivity index (χ1n) is 7.03. The molecule has 0 heterocycles. The van der Waals surface area contributed by atoms with Gasteiger partial charge < -0.3 is 5.32 Å². The summed E-state index contributed by atoms with van der Waals surface area (Å²) in [6.45, 7) is 0.400. The highest BCUT2D eigenvalue weighted by Gasteiger charge is 2.09. The van der Waals surface area contributed by atoms with Crippen molar-refractivity contribution in [3.63, 3.8) is 0 Å². The number of hydrogen-bond acceptors (Lipinski definition) is 2. The van der Waals surface area contributed by atoms with Crippen molar-refractivity contribution in [1.29, 1.82) is 5.26 Å². The van der Waals surface area contributed by atoms with Crippen molar-refractivity contribution >= 4 is 16.7 Å². The number of nitriles is 1. The van der Waals surface area contributed by atoms with Gasteiger partial charge in [0.1, 0.15) is 0 Å². The average molecular weight is 286 g/mol. The maximum absolute atomic E-state index is 12.4. The molecule has 0 radical (unpaired) electrons. The van der Waals surface area contributed by atoms with E-state index in [-0.39, 0.29) is 5.91 Å². The summed E-state index contributed by atoms with van der Waals surface area (Å²) in [5.41, 5.74) is 2.17. The molecule has 0 bridgehead atoms. The summed E-state index contributed by atoms with van der Waals surface area (Å²) in [7, 11) is 0. The fraction of sp³-hybridized carbons (Fsp3) is 0.0526. The van der Waals surface area contributed by atoms with Crippen LogP contribution in [0.4, 0.5) is 0 Å². The number of benzene rings is 3. The summed E-state index contributed by atoms with van der Waals surface area (Å²) in [6, 6.07) is 22.8. The second kappa shape index (κ2) is 6.11. The molecule has 106 valence electrons. The third kappa shape index (κ3) is 2.82. The number of amides is 1. The smallest absolute Gasteiger partial charge is 0.252 e. The first-order chi connectivity index (χ1) is 10.8. The third-order valence-corrected chi connectivity index (χ3v) is 3.54. The zero-order chi connectivity index (χ0) is 15.4. The Morgan fingerprint density at radius 1 is 1.00 bits per heavy atom. The van der Waals surface area contributed by atoms with Gasteiger partial charge in [-0.1, -0.05) is 48.5 Å². The van der Waals surface area contributed by atoms with E-state index in [9.17, 15) is 4.79 Å². The molecule has 1 N–H and O–H groups in total. The zero-order valence-corrected chi connectivity index (χ0v) is 11.9. The minimum absolute atomic E-state index is 0.112. The summed E-state index contributed by atoms with van der Waals surface area (Å²) >= 11 is 0. The van der Waals surface area contributed by atoms with Crippen molar-refractivity contribution in [1.82, 2.24) is 5.32 Å². The molecule has 0 atom stereocenters. The molecule has 0 spiro atoms. The fourth-order valence-corrected chi connectivity index (χ4v) is 2.45. The minimum Gasteiger partial charge on any atom is -0.348 e. The van der Waals surface area contributed by atoms with Crippen LogP contribution < -0.4 is 5.32 Å². The highest BCUT2D eigenvalue weighted by molar-refractivity contribution is 6.06. The van der Waals surface area contributed by atoms with Gasteiger partial charge in [0.15, 0.2) is 0 Å². The molecular formula is C19H14N2O. The van der Waals surface area contributed by atoms with Crippen LogP contribution >= 0.6 is 0 Å². The van der Waals surface area contributed by atoms with Crippen molar-refractivity contribution in [3.8, 4) is 6.07 Å². The monoisotopic (exact) mass is 286 g/mol. The van der Waals surface area contributed by atoms with Gasteiger partial charge in [-0.3, -0.25) is 4.79 Å². The van der Waals surface area contributed by atoms with E-state index in [4.69, 9.17) is 5.26 Å². The molecule has 0 saturated carbocycles. The number of fused-ring (bicyclic) bond motifs is 1. The standard InChI is InChI=1S/C19H14N2O/c20-12-14-5-3-6-15(11-14)13-21-19(22)18-10-4-8-16-7-1-2-9-17(16)18/h1-11H,13H2,(H,21,22). The Morgan fingerprint density at radius 3 is 2.64 bits per heavy atom. The summed E-state index contributed by atoms with van der Waals surface area (Å²) in [5, 5.41) is 13.8. The molecule has 3 nitrogen and oxygen atoms in total. The van der Waals surface area contributed by atoms with Gasteiger partial charge in [0, 0.05) is 12.1 Å². The number of hydrogen-bond donors (Lipinski definition) is 1. The van der Waals surface area contributed by atoms with Crippen LogP contribution in [-0.4, -0.2) is 5.91 Å². The summed E-state index contributed by atoms with van der Waals surface area (Å²) in [5.74, 6) is -0.112. The predicted octanol–water partition coefficient (Wildman–Crippen LogP) is 3.64. The van der Waals surface area contributed by atoms with Crippen LogP contribution in [0.15, 0.2) is 66.7 Å². The van der Waals surface area contributed by atoms with Gasteiger partial charge in [0.05, 0.1) is 11.6 Å². The lowest BCUT2D eigenvalue weighted by Crippen LogP contribution is -2.23. The quantitative estimate of drug-likeness (QED) is 0.799. The first-order valence-corrected chi connectivity index (χ1v) is 7.03. The van der Waals surface area contributed by atoms with Crippen LogP contribution in [0.5, 0.6) is 0 Å². The highest BCUT2D eigenvalue weighted by Crippen LogP contribution is 2.18. The Bertz CT molecular complexity index is 872. The lowest BCUT2D eigenvalue weighted by molar-refractivity contribution is 0.0952. The Balaban J connectivity index is 1.80. The molecule has 3 aromatic rings. The highest BCUT2D eigenvalue weighted by atomic mass is 16.1. The molecule has 22 heavy (non-hydrogen) atoms. The fourth-order valence-electron chi connectivity index (χ4n) is 2.45. The Hall–Kier alpha value is -3.12. The Morgan fingerprint density at radius 2 is 1.77 bits per heavy atom. The molecule has 3 rings (SSSR count). The van der Waals surface area contributed by atoms with Crippen LogP contribution in [0.25, 0.3) is 10.8 Å². The van der Waals surface area contributed by atoms with Crippen LogP contribution in [0.2, 0.25) is 0 Å². The lowest BCUT2D eigenvalue weighted by Gasteiger charge is -2.08. The molecule has 3 aromatic carbocycles. The van der Waals surface area contributed by atoms with Crippen molar-refractivity contribution in [3.05, 3.63) is 83.4 Å². The largest absolute Gasteiger partial charge is 0.348 e. The van der Waals surface area contributed by atoms with Gasteiger partial charge in [-0.15, -0.1) is 0 Å². The van der Waals surface area contributed by atoms with E-state index in [1.165, 1.54) is 0 Å². The normalized spacial score (nSPS) is 10.1. The van der Waals surface area contributed by atoms with Gasteiger partial charge in [0.2, 0.25) is 0 Å². The molecule has 1 amide bonds. The number of rotatable bonds is 3. The van der Waals surface area contributed by atoms with Crippen LogP contribution in [0, 0.1) is 11.3 Å². The summed E-state index contributed by atoms with van der Waals surface area (Å²) in [6.07, 6.45) is 0. The van der Waals surface area contributed by atoms with Gasteiger partial charge in [-0.05, 0) is 34.5 Å². The maximum atomic E-state index is 12.4. The van der Waals surface area contributed by atoms with E-state index in [1.807, 2.05) is 54.6 Å². The predicted molar refractivity (Wildman–Crippen MR) is 86.3 cm³/mol. The van der Waals surface area contributed by atoms with Crippen molar-refractivity contribution in [2.24, 2.45) is 0 Å².